The number of rotatable bonds is 8. The highest BCUT2D eigenvalue weighted by atomic mass is 19.1. The molecule has 1 amide bonds. The fourth-order valence-electron chi connectivity index (χ4n) is 2.42. The van der Waals surface area contributed by atoms with Crippen molar-refractivity contribution < 1.29 is 13.9 Å². The molecule has 128 valence electrons. The van der Waals surface area contributed by atoms with E-state index in [2.05, 4.69) is 12.2 Å². The van der Waals surface area contributed by atoms with Gasteiger partial charge in [-0.3, -0.25) is 4.79 Å². The van der Waals surface area contributed by atoms with Gasteiger partial charge < -0.3 is 10.1 Å². The number of carbonyl (C=O) groups excluding carboxylic acids is 1. The zero-order chi connectivity index (χ0) is 17.4. The van der Waals surface area contributed by atoms with Gasteiger partial charge in [0.05, 0.1) is 0 Å². The molecule has 2 aromatic carbocycles. The van der Waals surface area contributed by atoms with E-state index in [1.807, 2.05) is 37.3 Å². The minimum absolute atomic E-state index is 0.0453. The van der Waals surface area contributed by atoms with Crippen LogP contribution >= 0.6 is 0 Å². The summed E-state index contributed by atoms with van der Waals surface area (Å²) in [5.74, 6) is 0.584. The van der Waals surface area contributed by atoms with Gasteiger partial charge in [0.25, 0.3) is 0 Å². The predicted octanol–water partition coefficient (Wildman–Crippen LogP) is 4.46. The third-order valence-corrected chi connectivity index (χ3v) is 3.85. The smallest absolute Gasteiger partial charge is 0.223 e. The number of benzene rings is 2. The first kappa shape index (κ1) is 18.0. The molecular formula is C20H24FNO2. The molecule has 24 heavy (non-hydrogen) atoms. The summed E-state index contributed by atoms with van der Waals surface area (Å²) in [7, 11) is 0. The quantitative estimate of drug-likeness (QED) is 0.776. The van der Waals surface area contributed by atoms with Crippen molar-refractivity contribution >= 4 is 5.91 Å². The van der Waals surface area contributed by atoms with Crippen LogP contribution < -0.4 is 10.1 Å². The van der Waals surface area contributed by atoms with Gasteiger partial charge in [0.15, 0.2) is 0 Å². The largest absolute Gasteiger partial charge is 0.489 e. The number of carbonyl (C=O) groups is 1. The average Bonchev–Trinajstić information content (AvgIpc) is 2.59. The summed E-state index contributed by atoms with van der Waals surface area (Å²) in [6.07, 6.45) is 1.91. The molecule has 0 aliphatic rings. The van der Waals surface area contributed by atoms with Crippen LogP contribution in [-0.2, 0) is 17.9 Å². The van der Waals surface area contributed by atoms with Gasteiger partial charge in [-0.2, -0.15) is 0 Å². The highest BCUT2D eigenvalue weighted by Crippen LogP contribution is 2.15. The second-order valence-electron chi connectivity index (χ2n) is 5.97. The van der Waals surface area contributed by atoms with Crippen LogP contribution in [0.5, 0.6) is 5.75 Å². The van der Waals surface area contributed by atoms with Gasteiger partial charge in [-0.25, -0.2) is 4.39 Å². The lowest BCUT2D eigenvalue weighted by Crippen LogP contribution is -2.28. The summed E-state index contributed by atoms with van der Waals surface area (Å²) >= 11 is 0. The lowest BCUT2D eigenvalue weighted by atomic mass is 10.1. The van der Waals surface area contributed by atoms with E-state index in [0.29, 0.717) is 18.9 Å². The molecule has 2 rings (SSSR count). The maximum absolute atomic E-state index is 13.1. The van der Waals surface area contributed by atoms with Crippen LogP contribution in [0.15, 0.2) is 48.5 Å². The lowest BCUT2D eigenvalue weighted by Gasteiger charge is -2.11. The fraction of sp³-hybridized carbons (Fsp3) is 0.350. The normalized spacial score (nSPS) is 11.8. The molecule has 3 nitrogen and oxygen atoms in total. The molecule has 0 aromatic heterocycles. The third-order valence-electron chi connectivity index (χ3n) is 3.85. The van der Waals surface area contributed by atoms with Gasteiger partial charge in [-0.1, -0.05) is 44.5 Å². The Hall–Kier alpha value is -2.36. The van der Waals surface area contributed by atoms with E-state index in [1.54, 1.807) is 6.07 Å². The summed E-state index contributed by atoms with van der Waals surface area (Å²) in [6, 6.07) is 13.9. The minimum atomic E-state index is -0.264. The van der Waals surface area contributed by atoms with Crippen molar-refractivity contribution in [2.45, 2.75) is 39.8 Å². The van der Waals surface area contributed by atoms with Crippen LogP contribution in [0, 0.1) is 11.7 Å². The monoisotopic (exact) mass is 329 g/mol. The number of halogens is 1. The van der Waals surface area contributed by atoms with Crippen LogP contribution in [0.2, 0.25) is 0 Å². The molecule has 1 unspecified atom stereocenters. The van der Waals surface area contributed by atoms with E-state index in [0.717, 1.165) is 24.0 Å². The molecule has 0 radical (unpaired) electrons. The molecule has 0 saturated heterocycles. The van der Waals surface area contributed by atoms with Gasteiger partial charge >= 0.3 is 0 Å². The van der Waals surface area contributed by atoms with Crippen molar-refractivity contribution in [1.29, 1.82) is 0 Å². The van der Waals surface area contributed by atoms with E-state index in [9.17, 15) is 9.18 Å². The first-order chi connectivity index (χ1) is 11.6. The van der Waals surface area contributed by atoms with Crippen molar-refractivity contribution in [2.75, 3.05) is 0 Å². The Morgan fingerprint density at radius 1 is 1.17 bits per heavy atom. The fourth-order valence-corrected chi connectivity index (χ4v) is 2.42. The Kier molecular flexibility index (Phi) is 6.79. The molecular weight excluding hydrogens is 305 g/mol. The maximum Gasteiger partial charge on any atom is 0.223 e. The van der Waals surface area contributed by atoms with E-state index in [-0.39, 0.29) is 17.6 Å². The van der Waals surface area contributed by atoms with E-state index < -0.39 is 0 Å². The average molecular weight is 329 g/mol. The van der Waals surface area contributed by atoms with Gasteiger partial charge in [-0.05, 0) is 41.8 Å². The van der Waals surface area contributed by atoms with E-state index in [1.165, 1.54) is 12.1 Å². The molecule has 0 heterocycles. The summed E-state index contributed by atoms with van der Waals surface area (Å²) < 4.78 is 18.8. The summed E-state index contributed by atoms with van der Waals surface area (Å²) in [4.78, 5) is 11.9. The van der Waals surface area contributed by atoms with Gasteiger partial charge in [0.1, 0.15) is 18.2 Å². The maximum atomic E-state index is 13.1. The van der Waals surface area contributed by atoms with Crippen LogP contribution in [-0.4, -0.2) is 5.91 Å². The van der Waals surface area contributed by atoms with Gasteiger partial charge in [-0.15, -0.1) is 0 Å². The first-order valence-electron chi connectivity index (χ1n) is 8.32. The number of hydrogen-bond acceptors (Lipinski definition) is 2. The second kappa shape index (κ2) is 9.06. The second-order valence-corrected chi connectivity index (χ2v) is 5.97. The Morgan fingerprint density at radius 2 is 1.92 bits per heavy atom. The summed E-state index contributed by atoms with van der Waals surface area (Å²) in [6.45, 7) is 4.86. The molecule has 2 aromatic rings. The minimum Gasteiger partial charge on any atom is -0.489 e. The third kappa shape index (κ3) is 5.69. The number of ether oxygens (including phenoxy) is 1. The van der Waals surface area contributed by atoms with Crippen molar-refractivity contribution in [3.63, 3.8) is 0 Å². The van der Waals surface area contributed by atoms with Crippen molar-refractivity contribution in [2.24, 2.45) is 5.92 Å². The number of hydrogen-bond donors (Lipinski definition) is 1. The van der Waals surface area contributed by atoms with Crippen molar-refractivity contribution in [3.05, 3.63) is 65.5 Å². The summed E-state index contributed by atoms with van der Waals surface area (Å²) in [5.41, 5.74) is 1.81. The van der Waals surface area contributed by atoms with Crippen LogP contribution in [0.3, 0.4) is 0 Å². The zero-order valence-electron chi connectivity index (χ0n) is 14.2. The standard InChI is InChI=1S/C20H24FNO2/c1-3-5-15(2)20(23)22-13-16-8-10-19(11-9-16)24-14-17-6-4-7-18(21)12-17/h4,6-12,15H,3,5,13-14H2,1-2H3,(H,22,23). The Balaban J connectivity index is 1.81. The molecule has 1 N–H and O–H groups in total. The molecule has 0 saturated carbocycles. The molecule has 0 spiro atoms. The van der Waals surface area contributed by atoms with Crippen LogP contribution in [0.1, 0.15) is 37.8 Å². The first-order valence-corrected chi connectivity index (χ1v) is 8.32. The van der Waals surface area contributed by atoms with Gasteiger partial charge in [0.2, 0.25) is 5.91 Å². The number of nitrogens with one attached hydrogen (secondary N) is 1. The predicted molar refractivity (Wildman–Crippen MR) is 93.1 cm³/mol. The number of amides is 1. The summed E-state index contributed by atoms with van der Waals surface area (Å²) in [5, 5.41) is 2.95. The topological polar surface area (TPSA) is 38.3 Å². The van der Waals surface area contributed by atoms with Crippen LogP contribution in [0.4, 0.5) is 4.39 Å². The molecule has 1 atom stereocenters. The molecule has 0 fully saturated rings. The highest BCUT2D eigenvalue weighted by molar-refractivity contribution is 5.78. The Bertz CT molecular complexity index is 655. The molecule has 0 aliphatic carbocycles. The lowest BCUT2D eigenvalue weighted by molar-refractivity contribution is -0.124. The van der Waals surface area contributed by atoms with Crippen LogP contribution in [0.25, 0.3) is 0 Å². The zero-order valence-corrected chi connectivity index (χ0v) is 14.2. The Labute approximate surface area is 142 Å². The van der Waals surface area contributed by atoms with E-state index >= 15 is 0 Å². The Morgan fingerprint density at radius 3 is 2.58 bits per heavy atom. The van der Waals surface area contributed by atoms with Gasteiger partial charge in [0, 0.05) is 12.5 Å². The molecule has 0 bridgehead atoms. The van der Waals surface area contributed by atoms with E-state index in [4.69, 9.17) is 4.74 Å². The van der Waals surface area contributed by atoms with Crippen molar-refractivity contribution in [3.8, 4) is 5.75 Å². The van der Waals surface area contributed by atoms with Crippen molar-refractivity contribution in [1.82, 2.24) is 5.32 Å². The molecule has 4 heteroatoms. The SMILES string of the molecule is CCCC(C)C(=O)NCc1ccc(OCc2cccc(F)c2)cc1. The highest BCUT2D eigenvalue weighted by Gasteiger charge is 2.10. The molecule has 0 aliphatic heterocycles.